The van der Waals surface area contributed by atoms with Crippen LogP contribution >= 0.6 is 11.6 Å². The van der Waals surface area contributed by atoms with Gasteiger partial charge in [0.05, 0.1) is 6.10 Å². The molecule has 0 saturated heterocycles. The van der Waals surface area contributed by atoms with Gasteiger partial charge < -0.3 is 15.2 Å². The molecule has 2 rings (SSSR count). The van der Waals surface area contributed by atoms with E-state index in [0.29, 0.717) is 22.4 Å². The summed E-state index contributed by atoms with van der Waals surface area (Å²) in [6, 6.07) is 5.29. The number of halogens is 1. The summed E-state index contributed by atoms with van der Waals surface area (Å²) in [5, 5.41) is 13.0. The van der Waals surface area contributed by atoms with Crippen LogP contribution in [0.5, 0.6) is 5.75 Å². The molecule has 5 heteroatoms. The normalized spacial score (nSPS) is 16.2. The molecule has 1 fully saturated rings. The number of benzene rings is 1. The first kappa shape index (κ1) is 13.2. The first-order valence-corrected chi connectivity index (χ1v) is 6.33. The second-order valence-electron chi connectivity index (χ2n) is 4.49. The molecule has 1 saturated carbocycles. The minimum absolute atomic E-state index is 0.0438. The molecule has 1 aliphatic rings. The Bertz CT molecular complexity index is 444. The van der Waals surface area contributed by atoms with E-state index in [1.165, 1.54) is 0 Å². The summed E-state index contributed by atoms with van der Waals surface area (Å²) in [7, 11) is 0. The largest absolute Gasteiger partial charge is 0.483 e. The van der Waals surface area contributed by atoms with Gasteiger partial charge in [-0.05, 0) is 38.0 Å². The van der Waals surface area contributed by atoms with Crippen molar-refractivity contribution in [2.75, 3.05) is 6.61 Å². The van der Waals surface area contributed by atoms with E-state index in [2.05, 4.69) is 5.32 Å². The van der Waals surface area contributed by atoms with Crippen LogP contribution in [-0.4, -0.2) is 23.7 Å². The van der Waals surface area contributed by atoms with Crippen LogP contribution in [0.25, 0.3) is 0 Å². The first-order chi connectivity index (χ1) is 8.56. The van der Waals surface area contributed by atoms with Crippen molar-refractivity contribution in [3.05, 3.63) is 28.8 Å². The molecule has 0 heterocycles. The van der Waals surface area contributed by atoms with Crippen molar-refractivity contribution in [3.8, 4) is 5.75 Å². The highest BCUT2D eigenvalue weighted by atomic mass is 35.5. The third-order valence-electron chi connectivity index (χ3n) is 2.72. The number of aliphatic hydroxyl groups is 1. The van der Waals surface area contributed by atoms with E-state index < -0.39 is 6.10 Å². The van der Waals surface area contributed by atoms with Gasteiger partial charge >= 0.3 is 0 Å². The quantitative estimate of drug-likeness (QED) is 0.860. The van der Waals surface area contributed by atoms with Crippen LogP contribution in [0.3, 0.4) is 0 Å². The Balaban J connectivity index is 1.96. The molecule has 0 aromatic heterocycles. The molecule has 1 atom stereocenters. The van der Waals surface area contributed by atoms with Crippen LogP contribution < -0.4 is 10.1 Å². The van der Waals surface area contributed by atoms with Crippen molar-refractivity contribution in [1.82, 2.24) is 5.32 Å². The molecule has 1 amide bonds. The summed E-state index contributed by atoms with van der Waals surface area (Å²) in [4.78, 5) is 11.5. The number of hydrogen-bond donors (Lipinski definition) is 2. The van der Waals surface area contributed by atoms with E-state index in [4.69, 9.17) is 16.3 Å². The molecule has 18 heavy (non-hydrogen) atoms. The van der Waals surface area contributed by atoms with Gasteiger partial charge in [0.2, 0.25) is 0 Å². The van der Waals surface area contributed by atoms with Crippen molar-refractivity contribution < 1.29 is 14.6 Å². The number of ether oxygens (including phenoxy) is 1. The predicted molar refractivity (Wildman–Crippen MR) is 68.7 cm³/mol. The van der Waals surface area contributed by atoms with E-state index in [-0.39, 0.29) is 12.5 Å². The van der Waals surface area contributed by atoms with Gasteiger partial charge in [-0.1, -0.05) is 11.6 Å². The Labute approximate surface area is 111 Å². The third-order valence-corrected chi connectivity index (χ3v) is 2.96. The molecule has 0 radical (unpaired) electrons. The second kappa shape index (κ2) is 5.59. The maximum absolute atomic E-state index is 11.5. The van der Waals surface area contributed by atoms with Gasteiger partial charge in [0.25, 0.3) is 5.91 Å². The van der Waals surface area contributed by atoms with E-state index >= 15 is 0 Å². The van der Waals surface area contributed by atoms with E-state index in [1.807, 2.05) is 0 Å². The van der Waals surface area contributed by atoms with Crippen LogP contribution in [0.4, 0.5) is 0 Å². The summed E-state index contributed by atoms with van der Waals surface area (Å²) in [6.45, 7) is 1.58. The molecule has 2 N–H and O–H groups in total. The van der Waals surface area contributed by atoms with Gasteiger partial charge in [0.15, 0.2) is 6.61 Å². The van der Waals surface area contributed by atoms with Crippen LogP contribution in [0.2, 0.25) is 5.02 Å². The van der Waals surface area contributed by atoms with E-state index in [0.717, 1.165) is 12.8 Å². The lowest BCUT2D eigenvalue weighted by molar-refractivity contribution is -0.123. The SMILES string of the molecule is CC(O)c1cc(Cl)ccc1OCC(=O)NC1CC1. The average Bonchev–Trinajstić information content (AvgIpc) is 3.11. The summed E-state index contributed by atoms with van der Waals surface area (Å²) < 4.78 is 5.41. The molecule has 1 unspecified atom stereocenters. The molecule has 1 aromatic carbocycles. The zero-order chi connectivity index (χ0) is 13.1. The fraction of sp³-hybridized carbons (Fsp3) is 0.462. The van der Waals surface area contributed by atoms with Gasteiger partial charge in [-0.3, -0.25) is 4.79 Å². The molecule has 0 aliphatic heterocycles. The van der Waals surface area contributed by atoms with Crippen LogP contribution in [-0.2, 0) is 4.79 Å². The van der Waals surface area contributed by atoms with E-state index in [9.17, 15) is 9.90 Å². The summed E-state index contributed by atoms with van der Waals surface area (Å²) in [6.07, 6.45) is 1.40. The second-order valence-corrected chi connectivity index (χ2v) is 4.93. The van der Waals surface area contributed by atoms with Gasteiger partial charge in [0, 0.05) is 16.6 Å². The number of carbonyl (C=O) groups excluding carboxylic acids is 1. The van der Waals surface area contributed by atoms with Crippen molar-refractivity contribution in [3.63, 3.8) is 0 Å². The molecular formula is C13H16ClNO3. The number of amides is 1. The fourth-order valence-corrected chi connectivity index (χ4v) is 1.80. The standard InChI is InChI=1S/C13H16ClNO3/c1-8(16)11-6-9(14)2-5-12(11)18-7-13(17)15-10-3-4-10/h2,5-6,8,10,16H,3-4,7H2,1H3,(H,15,17). The molecule has 4 nitrogen and oxygen atoms in total. The molecular weight excluding hydrogens is 254 g/mol. The highest BCUT2D eigenvalue weighted by Gasteiger charge is 2.23. The number of hydrogen-bond acceptors (Lipinski definition) is 3. The zero-order valence-electron chi connectivity index (χ0n) is 10.1. The third kappa shape index (κ3) is 3.62. The number of carbonyl (C=O) groups is 1. The molecule has 0 bridgehead atoms. The lowest BCUT2D eigenvalue weighted by atomic mass is 10.1. The topological polar surface area (TPSA) is 58.6 Å². The molecule has 0 spiro atoms. The monoisotopic (exact) mass is 269 g/mol. The minimum atomic E-state index is -0.690. The van der Waals surface area contributed by atoms with Crippen molar-refractivity contribution in [2.24, 2.45) is 0 Å². The van der Waals surface area contributed by atoms with Gasteiger partial charge in [-0.2, -0.15) is 0 Å². The van der Waals surface area contributed by atoms with Crippen molar-refractivity contribution in [2.45, 2.75) is 31.9 Å². The minimum Gasteiger partial charge on any atom is -0.483 e. The zero-order valence-corrected chi connectivity index (χ0v) is 10.9. The lowest BCUT2D eigenvalue weighted by Gasteiger charge is -2.13. The van der Waals surface area contributed by atoms with Gasteiger partial charge in [-0.15, -0.1) is 0 Å². The Hall–Kier alpha value is -1.26. The first-order valence-electron chi connectivity index (χ1n) is 5.96. The fourth-order valence-electron chi connectivity index (χ4n) is 1.62. The van der Waals surface area contributed by atoms with Crippen molar-refractivity contribution in [1.29, 1.82) is 0 Å². The highest BCUT2D eigenvalue weighted by molar-refractivity contribution is 6.30. The Morgan fingerprint density at radius 2 is 2.33 bits per heavy atom. The maximum atomic E-state index is 11.5. The predicted octanol–water partition coefficient (Wildman–Crippen LogP) is 2.05. The molecule has 1 aromatic rings. The summed E-state index contributed by atoms with van der Waals surface area (Å²) in [5.41, 5.74) is 0.585. The Kier molecular flexibility index (Phi) is 4.09. The number of rotatable bonds is 5. The van der Waals surface area contributed by atoms with Gasteiger partial charge in [-0.25, -0.2) is 0 Å². The summed E-state index contributed by atoms with van der Waals surface area (Å²) in [5.74, 6) is 0.351. The average molecular weight is 270 g/mol. The Morgan fingerprint density at radius 3 is 2.94 bits per heavy atom. The van der Waals surface area contributed by atoms with Crippen LogP contribution in [0, 0.1) is 0 Å². The Morgan fingerprint density at radius 1 is 1.61 bits per heavy atom. The van der Waals surface area contributed by atoms with E-state index in [1.54, 1.807) is 25.1 Å². The number of nitrogens with one attached hydrogen (secondary N) is 1. The smallest absolute Gasteiger partial charge is 0.258 e. The summed E-state index contributed by atoms with van der Waals surface area (Å²) >= 11 is 5.85. The van der Waals surface area contributed by atoms with Gasteiger partial charge in [0.1, 0.15) is 5.75 Å². The van der Waals surface area contributed by atoms with Crippen LogP contribution in [0.15, 0.2) is 18.2 Å². The highest BCUT2D eigenvalue weighted by Crippen LogP contribution is 2.28. The van der Waals surface area contributed by atoms with Crippen molar-refractivity contribution >= 4 is 17.5 Å². The molecule has 1 aliphatic carbocycles. The lowest BCUT2D eigenvalue weighted by Crippen LogP contribution is -2.30. The number of aliphatic hydroxyl groups excluding tert-OH is 1. The molecule has 98 valence electrons. The van der Waals surface area contributed by atoms with Crippen LogP contribution in [0.1, 0.15) is 31.4 Å². The maximum Gasteiger partial charge on any atom is 0.258 e.